The summed E-state index contributed by atoms with van der Waals surface area (Å²) >= 11 is 0. The number of nitrogens with one attached hydrogen (secondary N) is 1. The number of nitrogens with zero attached hydrogens (tertiary/aromatic N) is 1. The molecule has 1 rings (SSSR count). The van der Waals surface area contributed by atoms with Crippen molar-refractivity contribution in [2.75, 3.05) is 26.2 Å². The van der Waals surface area contributed by atoms with Crippen molar-refractivity contribution >= 4 is 5.91 Å². The molecule has 2 unspecified atom stereocenters. The Bertz CT molecular complexity index is 283. The van der Waals surface area contributed by atoms with Gasteiger partial charge in [-0.05, 0) is 58.2 Å². The van der Waals surface area contributed by atoms with Gasteiger partial charge in [0.15, 0.2) is 0 Å². The van der Waals surface area contributed by atoms with Crippen LogP contribution in [0.5, 0.6) is 0 Å². The SMILES string of the molecule is CCNC(C)(CCCCN1CCC(CC)C1)C(N)=O. The topological polar surface area (TPSA) is 58.4 Å². The molecule has 1 aliphatic heterocycles. The molecule has 1 saturated heterocycles. The van der Waals surface area contributed by atoms with Crippen LogP contribution in [0, 0.1) is 5.92 Å². The van der Waals surface area contributed by atoms with Crippen LogP contribution in [0.15, 0.2) is 0 Å². The van der Waals surface area contributed by atoms with Gasteiger partial charge in [0.1, 0.15) is 0 Å². The standard InChI is InChI=1S/C15H31N3O/c1-4-13-8-11-18(12-13)10-7-6-9-15(3,14(16)19)17-5-2/h13,17H,4-12H2,1-3H3,(H2,16,19). The molecule has 3 N–H and O–H groups in total. The van der Waals surface area contributed by atoms with Crippen LogP contribution in [0.25, 0.3) is 0 Å². The fraction of sp³-hybridized carbons (Fsp3) is 0.933. The molecule has 19 heavy (non-hydrogen) atoms. The summed E-state index contributed by atoms with van der Waals surface area (Å²) in [6, 6.07) is 0. The number of carbonyl (C=O) groups excluding carboxylic acids is 1. The monoisotopic (exact) mass is 269 g/mol. The maximum Gasteiger partial charge on any atom is 0.237 e. The van der Waals surface area contributed by atoms with Gasteiger partial charge in [-0.25, -0.2) is 0 Å². The van der Waals surface area contributed by atoms with Gasteiger partial charge >= 0.3 is 0 Å². The fourth-order valence-corrected chi connectivity index (χ4v) is 2.95. The zero-order valence-electron chi connectivity index (χ0n) is 12.9. The van der Waals surface area contributed by atoms with Crippen molar-refractivity contribution in [3.63, 3.8) is 0 Å². The molecular weight excluding hydrogens is 238 g/mol. The summed E-state index contributed by atoms with van der Waals surface area (Å²) in [6.07, 6.45) is 5.70. The Kier molecular flexibility index (Phi) is 6.80. The van der Waals surface area contributed by atoms with Gasteiger partial charge in [-0.2, -0.15) is 0 Å². The second kappa shape index (κ2) is 7.85. The molecule has 1 aliphatic rings. The summed E-state index contributed by atoms with van der Waals surface area (Å²) in [4.78, 5) is 14.1. The molecular formula is C15H31N3O. The second-order valence-corrected chi connectivity index (χ2v) is 6.05. The average Bonchev–Trinajstić information content (AvgIpc) is 2.83. The number of hydrogen-bond acceptors (Lipinski definition) is 3. The van der Waals surface area contributed by atoms with Gasteiger partial charge in [0, 0.05) is 6.54 Å². The first-order chi connectivity index (χ1) is 9.01. The van der Waals surface area contributed by atoms with Crippen LogP contribution in [0.2, 0.25) is 0 Å². The largest absolute Gasteiger partial charge is 0.368 e. The van der Waals surface area contributed by atoms with E-state index in [1.54, 1.807) is 0 Å². The van der Waals surface area contributed by atoms with Gasteiger partial charge in [-0.1, -0.05) is 20.3 Å². The minimum absolute atomic E-state index is 0.235. The summed E-state index contributed by atoms with van der Waals surface area (Å²) in [5.74, 6) is 0.666. The molecule has 1 fully saturated rings. The van der Waals surface area contributed by atoms with Gasteiger partial charge in [-0.15, -0.1) is 0 Å². The average molecular weight is 269 g/mol. The lowest BCUT2D eigenvalue weighted by Crippen LogP contribution is -2.53. The van der Waals surface area contributed by atoms with E-state index < -0.39 is 5.54 Å². The quantitative estimate of drug-likeness (QED) is 0.627. The summed E-state index contributed by atoms with van der Waals surface area (Å²) in [6.45, 7) is 10.7. The number of unbranched alkanes of at least 4 members (excludes halogenated alkanes) is 1. The van der Waals surface area contributed by atoms with Crippen LogP contribution in [0.4, 0.5) is 0 Å². The predicted octanol–water partition coefficient (Wildman–Crippen LogP) is 1.74. The van der Waals surface area contributed by atoms with Crippen LogP contribution in [0.3, 0.4) is 0 Å². The van der Waals surface area contributed by atoms with E-state index in [-0.39, 0.29) is 5.91 Å². The molecule has 0 aromatic carbocycles. The number of hydrogen-bond donors (Lipinski definition) is 2. The Hall–Kier alpha value is -0.610. The lowest BCUT2D eigenvalue weighted by atomic mass is 9.94. The van der Waals surface area contributed by atoms with Gasteiger partial charge < -0.3 is 16.0 Å². The Morgan fingerprint density at radius 2 is 2.16 bits per heavy atom. The highest BCUT2D eigenvalue weighted by molar-refractivity contribution is 5.84. The van der Waals surface area contributed by atoms with E-state index in [0.717, 1.165) is 38.3 Å². The summed E-state index contributed by atoms with van der Waals surface area (Å²) in [5, 5.41) is 3.21. The lowest BCUT2D eigenvalue weighted by molar-refractivity contribution is -0.124. The van der Waals surface area contributed by atoms with E-state index in [1.165, 1.54) is 25.9 Å². The minimum atomic E-state index is -0.536. The van der Waals surface area contributed by atoms with E-state index in [4.69, 9.17) is 5.73 Å². The maximum atomic E-state index is 11.5. The molecule has 4 nitrogen and oxygen atoms in total. The molecule has 0 aromatic rings. The van der Waals surface area contributed by atoms with E-state index in [2.05, 4.69) is 17.1 Å². The zero-order chi connectivity index (χ0) is 14.3. The first kappa shape index (κ1) is 16.4. The molecule has 0 spiro atoms. The molecule has 0 bridgehead atoms. The normalized spacial score (nSPS) is 23.4. The minimum Gasteiger partial charge on any atom is -0.368 e. The highest BCUT2D eigenvalue weighted by Gasteiger charge is 2.29. The Morgan fingerprint density at radius 3 is 2.68 bits per heavy atom. The smallest absolute Gasteiger partial charge is 0.237 e. The summed E-state index contributed by atoms with van der Waals surface area (Å²) in [7, 11) is 0. The van der Waals surface area contributed by atoms with Crippen LogP contribution in [-0.4, -0.2) is 42.5 Å². The third-order valence-corrected chi connectivity index (χ3v) is 4.46. The second-order valence-electron chi connectivity index (χ2n) is 6.05. The highest BCUT2D eigenvalue weighted by atomic mass is 16.1. The number of likely N-dealkylation sites (N-methyl/N-ethyl adjacent to an activating group) is 1. The Labute approximate surface area is 118 Å². The van der Waals surface area contributed by atoms with Crippen molar-refractivity contribution in [2.24, 2.45) is 11.7 Å². The van der Waals surface area contributed by atoms with Crippen LogP contribution < -0.4 is 11.1 Å². The van der Waals surface area contributed by atoms with Gasteiger partial charge in [0.25, 0.3) is 0 Å². The lowest BCUT2D eigenvalue weighted by Gasteiger charge is -2.27. The van der Waals surface area contributed by atoms with Gasteiger partial charge in [-0.3, -0.25) is 4.79 Å². The molecule has 0 saturated carbocycles. The van der Waals surface area contributed by atoms with E-state index in [9.17, 15) is 4.79 Å². The molecule has 4 heteroatoms. The summed E-state index contributed by atoms with van der Waals surface area (Å²) in [5.41, 5.74) is 4.95. The fourth-order valence-electron chi connectivity index (χ4n) is 2.95. The first-order valence-electron chi connectivity index (χ1n) is 7.79. The molecule has 0 aromatic heterocycles. The van der Waals surface area contributed by atoms with E-state index in [1.807, 2.05) is 13.8 Å². The molecule has 1 heterocycles. The van der Waals surface area contributed by atoms with Crippen LogP contribution in [0.1, 0.15) is 52.9 Å². The van der Waals surface area contributed by atoms with Crippen molar-refractivity contribution in [3.8, 4) is 0 Å². The van der Waals surface area contributed by atoms with Gasteiger partial charge in [0.2, 0.25) is 5.91 Å². The van der Waals surface area contributed by atoms with Crippen molar-refractivity contribution in [1.82, 2.24) is 10.2 Å². The molecule has 0 aliphatic carbocycles. The van der Waals surface area contributed by atoms with Crippen LogP contribution in [-0.2, 0) is 4.79 Å². The number of primary amides is 1. The molecule has 2 atom stereocenters. The molecule has 1 amide bonds. The van der Waals surface area contributed by atoms with Crippen LogP contribution >= 0.6 is 0 Å². The maximum absolute atomic E-state index is 11.5. The number of carbonyl (C=O) groups is 1. The number of amides is 1. The zero-order valence-corrected chi connectivity index (χ0v) is 12.9. The third kappa shape index (κ3) is 5.11. The highest BCUT2D eigenvalue weighted by Crippen LogP contribution is 2.20. The van der Waals surface area contributed by atoms with Crippen molar-refractivity contribution in [1.29, 1.82) is 0 Å². The molecule has 0 radical (unpaired) electrons. The Morgan fingerprint density at radius 1 is 1.42 bits per heavy atom. The van der Waals surface area contributed by atoms with Crippen molar-refractivity contribution < 1.29 is 4.79 Å². The van der Waals surface area contributed by atoms with E-state index in [0.29, 0.717) is 0 Å². The van der Waals surface area contributed by atoms with Gasteiger partial charge in [0.05, 0.1) is 5.54 Å². The summed E-state index contributed by atoms with van der Waals surface area (Å²) < 4.78 is 0. The Balaban J connectivity index is 2.21. The first-order valence-corrected chi connectivity index (χ1v) is 7.79. The van der Waals surface area contributed by atoms with E-state index >= 15 is 0 Å². The number of nitrogens with two attached hydrogens (primary N) is 1. The number of likely N-dealkylation sites (tertiary alicyclic amines) is 1. The van der Waals surface area contributed by atoms with Crippen molar-refractivity contribution in [2.45, 2.75) is 58.4 Å². The predicted molar refractivity (Wildman–Crippen MR) is 80.0 cm³/mol. The molecule has 112 valence electrons. The van der Waals surface area contributed by atoms with Crippen molar-refractivity contribution in [3.05, 3.63) is 0 Å². The number of rotatable bonds is 9. The third-order valence-electron chi connectivity index (χ3n) is 4.46.